The topological polar surface area (TPSA) is 52.6 Å². The van der Waals surface area contributed by atoms with Gasteiger partial charge in [-0.05, 0) is 30.5 Å². The highest BCUT2D eigenvalue weighted by atomic mass is 16.2. The molecule has 2 saturated heterocycles. The zero-order valence-corrected chi connectivity index (χ0v) is 18.4. The highest BCUT2D eigenvalue weighted by Gasteiger charge is 2.22. The van der Waals surface area contributed by atoms with Crippen LogP contribution in [0.2, 0.25) is 0 Å². The number of hydrogen-bond donors (Lipinski definition) is 0. The van der Waals surface area contributed by atoms with E-state index in [0.717, 1.165) is 68.5 Å². The van der Waals surface area contributed by atoms with Crippen molar-refractivity contribution < 1.29 is 4.79 Å². The van der Waals surface area contributed by atoms with Gasteiger partial charge in [0.25, 0.3) is 5.91 Å². The minimum atomic E-state index is 0.108. The molecule has 3 aromatic rings. The molecule has 0 N–H and O–H groups in total. The van der Waals surface area contributed by atoms with Crippen molar-refractivity contribution in [2.24, 2.45) is 0 Å². The molecule has 2 aliphatic heterocycles. The van der Waals surface area contributed by atoms with Crippen LogP contribution in [0.25, 0.3) is 11.3 Å². The van der Waals surface area contributed by atoms with Crippen molar-refractivity contribution in [3.8, 4) is 11.3 Å². The van der Waals surface area contributed by atoms with E-state index in [-0.39, 0.29) is 5.91 Å². The molecule has 0 atom stereocenters. The molecule has 0 unspecified atom stereocenters. The van der Waals surface area contributed by atoms with Crippen molar-refractivity contribution in [2.75, 3.05) is 44.2 Å². The van der Waals surface area contributed by atoms with Crippen LogP contribution in [-0.4, -0.2) is 64.9 Å². The Bertz CT molecular complexity index is 1040. The van der Waals surface area contributed by atoms with Crippen molar-refractivity contribution in [1.29, 1.82) is 0 Å². The Balaban J connectivity index is 1.20. The molecule has 3 heterocycles. The number of rotatable bonds is 5. The molecule has 1 aromatic heterocycles. The van der Waals surface area contributed by atoms with E-state index >= 15 is 0 Å². The fourth-order valence-corrected chi connectivity index (χ4v) is 4.54. The summed E-state index contributed by atoms with van der Waals surface area (Å²) in [6, 6.07) is 20.4. The zero-order valence-electron chi connectivity index (χ0n) is 18.4. The Hall–Kier alpha value is -3.25. The zero-order chi connectivity index (χ0) is 21.8. The lowest BCUT2D eigenvalue weighted by molar-refractivity contribution is 0.0628. The normalized spacial score (nSPS) is 17.0. The maximum atomic E-state index is 13.0. The van der Waals surface area contributed by atoms with E-state index < -0.39 is 0 Å². The van der Waals surface area contributed by atoms with Crippen molar-refractivity contribution >= 4 is 11.7 Å². The van der Waals surface area contributed by atoms with Gasteiger partial charge in [-0.3, -0.25) is 9.69 Å². The molecular formula is C26H29N5O. The number of carbonyl (C=O) groups is 1. The van der Waals surface area contributed by atoms with Crippen LogP contribution in [0.5, 0.6) is 0 Å². The van der Waals surface area contributed by atoms with Gasteiger partial charge in [0.15, 0.2) is 0 Å². The maximum Gasteiger partial charge on any atom is 0.253 e. The van der Waals surface area contributed by atoms with Crippen molar-refractivity contribution in [1.82, 2.24) is 19.8 Å². The Morgan fingerprint density at radius 3 is 2.25 bits per heavy atom. The molecule has 32 heavy (non-hydrogen) atoms. The SMILES string of the molecule is O=C(c1ccc(-c2cc(N3CCCC3)ncn2)cc1)N1CCN(Cc2ccccc2)CC1. The summed E-state index contributed by atoms with van der Waals surface area (Å²) in [5.41, 5.74) is 3.96. The van der Waals surface area contributed by atoms with Gasteiger partial charge in [-0.2, -0.15) is 0 Å². The van der Waals surface area contributed by atoms with Gasteiger partial charge in [-0.1, -0.05) is 42.5 Å². The van der Waals surface area contributed by atoms with Crippen LogP contribution in [0.3, 0.4) is 0 Å². The molecule has 0 saturated carbocycles. The predicted molar refractivity (Wildman–Crippen MR) is 127 cm³/mol. The Morgan fingerprint density at radius 1 is 0.812 bits per heavy atom. The fraction of sp³-hybridized carbons (Fsp3) is 0.346. The third-order valence-corrected chi connectivity index (χ3v) is 6.42. The molecule has 0 radical (unpaired) electrons. The number of piperazine rings is 1. The highest BCUT2D eigenvalue weighted by molar-refractivity contribution is 5.94. The van der Waals surface area contributed by atoms with E-state index in [9.17, 15) is 4.79 Å². The van der Waals surface area contributed by atoms with Gasteiger partial charge in [0.1, 0.15) is 12.1 Å². The monoisotopic (exact) mass is 427 g/mol. The summed E-state index contributed by atoms with van der Waals surface area (Å²) >= 11 is 0. The van der Waals surface area contributed by atoms with Crippen LogP contribution in [0.1, 0.15) is 28.8 Å². The molecule has 0 bridgehead atoms. The van der Waals surface area contributed by atoms with E-state index in [4.69, 9.17) is 0 Å². The van der Waals surface area contributed by atoms with Crippen molar-refractivity contribution in [2.45, 2.75) is 19.4 Å². The van der Waals surface area contributed by atoms with E-state index in [1.165, 1.54) is 18.4 Å². The lowest BCUT2D eigenvalue weighted by Crippen LogP contribution is -2.48. The first-order valence-corrected chi connectivity index (χ1v) is 11.5. The van der Waals surface area contributed by atoms with Crippen LogP contribution in [0.15, 0.2) is 67.0 Å². The summed E-state index contributed by atoms with van der Waals surface area (Å²) in [7, 11) is 0. The number of benzene rings is 2. The highest BCUT2D eigenvalue weighted by Crippen LogP contribution is 2.24. The number of amides is 1. The molecule has 0 aliphatic carbocycles. The van der Waals surface area contributed by atoms with E-state index in [2.05, 4.69) is 44.0 Å². The minimum Gasteiger partial charge on any atom is -0.357 e. The van der Waals surface area contributed by atoms with Crippen LogP contribution >= 0.6 is 0 Å². The smallest absolute Gasteiger partial charge is 0.253 e. The molecule has 5 rings (SSSR count). The van der Waals surface area contributed by atoms with Crippen LogP contribution in [0, 0.1) is 0 Å². The van der Waals surface area contributed by atoms with E-state index in [1.54, 1.807) is 6.33 Å². The second kappa shape index (κ2) is 9.49. The van der Waals surface area contributed by atoms with Crippen molar-refractivity contribution in [3.63, 3.8) is 0 Å². The van der Waals surface area contributed by atoms with Crippen LogP contribution < -0.4 is 4.90 Å². The minimum absolute atomic E-state index is 0.108. The summed E-state index contributed by atoms with van der Waals surface area (Å²) in [4.78, 5) is 28.6. The standard InChI is InChI=1S/C26H29N5O/c32-26(31-16-14-29(15-17-31)19-21-6-2-1-3-7-21)23-10-8-22(9-11-23)24-18-25(28-20-27-24)30-12-4-5-13-30/h1-3,6-11,18,20H,4-5,12-17,19H2. The van der Waals surface area contributed by atoms with Gasteiger partial charge in [-0.25, -0.2) is 9.97 Å². The lowest BCUT2D eigenvalue weighted by Gasteiger charge is -2.34. The van der Waals surface area contributed by atoms with Gasteiger partial charge in [0.2, 0.25) is 0 Å². The molecule has 6 heteroatoms. The third kappa shape index (κ3) is 4.65. The Kier molecular flexibility index (Phi) is 6.12. The summed E-state index contributed by atoms with van der Waals surface area (Å²) in [6.45, 7) is 6.38. The molecule has 1 amide bonds. The fourth-order valence-electron chi connectivity index (χ4n) is 4.54. The Morgan fingerprint density at radius 2 is 1.53 bits per heavy atom. The summed E-state index contributed by atoms with van der Waals surface area (Å²) in [5, 5.41) is 0. The number of carbonyl (C=O) groups excluding carboxylic acids is 1. The van der Waals surface area contributed by atoms with Gasteiger partial charge in [0, 0.05) is 63.0 Å². The average Bonchev–Trinajstić information content (AvgIpc) is 3.40. The summed E-state index contributed by atoms with van der Waals surface area (Å²) < 4.78 is 0. The van der Waals surface area contributed by atoms with Gasteiger partial charge < -0.3 is 9.80 Å². The van der Waals surface area contributed by atoms with Crippen LogP contribution in [-0.2, 0) is 6.54 Å². The number of nitrogens with zero attached hydrogens (tertiary/aromatic N) is 5. The first kappa shape index (κ1) is 20.6. The van der Waals surface area contributed by atoms with Gasteiger partial charge in [0.05, 0.1) is 5.69 Å². The summed E-state index contributed by atoms with van der Waals surface area (Å²) in [5.74, 6) is 1.09. The van der Waals surface area contributed by atoms with Gasteiger partial charge in [-0.15, -0.1) is 0 Å². The number of hydrogen-bond acceptors (Lipinski definition) is 5. The molecule has 2 aliphatic rings. The molecular weight excluding hydrogens is 398 g/mol. The van der Waals surface area contributed by atoms with E-state index in [1.807, 2.05) is 41.3 Å². The first-order valence-electron chi connectivity index (χ1n) is 11.5. The molecule has 0 spiro atoms. The number of anilines is 1. The van der Waals surface area contributed by atoms with Crippen LogP contribution in [0.4, 0.5) is 5.82 Å². The first-order chi connectivity index (χ1) is 15.8. The second-order valence-corrected chi connectivity index (χ2v) is 8.59. The predicted octanol–water partition coefficient (Wildman–Crippen LogP) is 3.70. The molecule has 2 aromatic carbocycles. The van der Waals surface area contributed by atoms with Crippen molar-refractivity contribution in [3.05, 3.63) is 78.1 Å². The summed E-state index contributed by atoms with van der Waals surface area (Å²) in [6.07, 6.45) is 4.07. The molecule has 6 nitrogen and oxygen atoms in total. The maximum absolute atomic E-state index is 13.0. The number of aromatic nitrogens is 2. The Labute approximate surface area is 189 Å². The lowest BCUT2D eigenvalue weighted by atomic mass is 10.1. The second-order valence-electron chi connectivity index (χ2n) is 8.59. The van der Waals surface area contributed by atoms with E-state index in [0.29, 0.717) is 0 Å². The van der Waals surface area contributed by atoms with Gasteiger partial charge >= 0.3 is 0 Å². The molecule has 164 valence electrons. The quantitative estimate of drug-likeness (QED) is 0.621. The largest absolute Gasteiger partial charge is 0.357 e. The third-order valence-electron chi connectivity index (χ3n) is 6.42. The average molecular weight is 428 g/mol. The molecule has 2 fully saturated rings.